The molecule has 0 bridgehead atoms. The SMILES string of the molecule is NC(c1ccc(F)c(Cl)c1)c1nn[nH]n1. The van der Waals surface area contributed by atoms with E-state index in [0.29, 0.717) is 11.4 Å². The van der Waals surface area contributed by atoms with E-state index in [9.17, 15) is 4.39 Å². The van der Waals surface area contributed by atoms with Crippen LogP contribution in [0.5, 0.6) is 0 Å². The first-order chi connectivity index (χ1) is 7.18. The van der Waals surface area contributed by atoms with Crippen molar-refractivity contribution >= 4 is 11.6 Å². The Bertz CT molecular complexity index is 458. The predicted octanol–water partition coefficient (Wildman–Crippen LogP) is 1.04. The Labute approximate surface area is 89.4 Å². The number of hydrogen-bond acceptors (Lipinski definition) is 4. The average Bonchev–Trinajstić information content (AvgIpc) is 2.74. The number of hydrogen-bond donors (Lipinski definition) is 2. The Kier molecular flexibility index (Phi) is 2.61. The van der Waals surface area contributed by atoms with Crippen molar-refractivity contribution in [3.8, 4) is 0 Å². The lowest BCUT2D eigenvalue weighted by atomic mass is 10.1. The van der Waals surface area contributed by atoms with Crippen LogP contribution in [0.25, 0.3) is 0 Å². The van der Waals surface area contributed by atoms with Gasteiger partial charge in [-0.3, -0.25) is 0 Å². The molecule has 0 aliphatic rings. The van der Waals surface area contributed by atoms with Crippen LogP contribution in [0.4, 0.5) is 4.39 Å². The summed E-state index contributed by atoms with van der Waals surface area (Å²) in [5.74, 6) is -0.154. The molecule has 2 aromatic rings. The molecule has 0 saturated carbocycles. The van der Waals surface area contributed by atoms with Crippen LogP contribution in [0.3, 0.4) is 0 Å². The van der Waals surface area contributed by atoms with Crippen LogP contribution in [0.15, 0.2) is 18.2 Å². The van der Waals surface area contributed by atoms with Gasteiger partial charge in [0.15, 0.2) is 5.82 Å². The number of rotatable bonds is 2. The minimum atomic E-state index is -0.568. The van der Waals surface area contributed by atoms with Crippen molar-refractivity contribution in [2.24, 2.45) is 5.73 Å². The number of nitrogens with zero attached hydrogens (tertiary/aromatic N) is 3. The van der Waals surface area contributed by atoms with Gasteiger partial charge in [-0.05, 0) is 17.7 Å². The van der Waals surface area contributed by atoms with E-state index in [0.717, 1.165) is 0 Å². The number of nitrogens with two attached hydrogens (primary N) is 1. The first kappa shape index (κ1) is 10.0. The third-order valence-corrected chi connectivity index (χ3v) is 2.23. The highest BCUT2D eigenvalue weighted by atomic mass is 35.5. The van der Waals surface area contributed by atoms with Crippen molar-refractivity contribution < 1.29 is 4.39 Å². The number of H-pyrrole nitrogens is 1. The van der Waals surface area contributed by atoms with E-state index in [1.54, 1.807) is 0 Å². The van der Waals surface area contributed by atoms with Crippen LogP contribution < -0.4 is 5.73 Å². The van der Waals surface area contributed by atoms with Crippen molar-refractivity contribution in [1.82, 2.24) is 20.6 Å². The second kappa shape index (κ2) is 3.92. The summed E-state index contributed by atoms with van der Waals surface area (Å²) in [5, 5.41) is 13.2. The fourth-order valence-corrected chi connectivity index (χ4v) is 1.35. The quantitative estimate of drug-likeness (QED) is 0.803. The Morgan fingerprint density at radius 3 is 2.87 bits per heavy atom. The molecule has 15 heavy (non-hydrogen) atoms. The summed E-state index contributed by atoms with van der Waals surface area (Å²) in [4.78, 5) is 0. The molecule has 0 spiro atoms. The van der Waals surface area contributed by atoms with Crippen LogP contribution in [-0.2, 0) is 0 Å². The molecule has 1 heterocycles. The molecule has 3 N–H and O–H groups in total. The summed E-state index contributed by atoms with van der Waals surface area (Å²) >= 11 is 5.62. The number of aromatic nitrogens is 4. The van der Waals surface area contributed by atoms with Crippen molar-refractivity contribution in [3.63, 3.8) is 0 Å². The van der Waals surface area contributed by atoms with Crippen LogP contribution in [0.1, 0.15) is 17.4 Å². The summed E-state index contributed by atoms with van der Waals surface area (Å²) in [6.45, 7) is 0. The topological polar surface area (TPSA) is 80.5 Å². The van der Waals surface area contributed by atoms with E-state index in [2.05, 4.69) is 20.6 Å². The summed E-state index contributed by atoms with van der Waals surface area (Å²) in [6, 6.07) is 3.65. The molecule has 1 atom stereocenters. The van der Waals surface area contributed by atoms with Gasteiger partial charge in [-0.2, -0.15) is 5.21 Å². The Balaban J connectivity index is 2.34. The van der Waals surface area contributed by atoms with Crippen molar-refractivity contribution in [3.05, 3.63) is 40.4 Å². The highest BCUT2D eigenvalue weighted by Gasteiger charge is 2.14. The Morgan fingerprint density at radius 2 is 2.27 bits per heavy atom. The standard InChI is InChI=1S/C8H7ClFN5/c9-5-3-4(1-2-6(5)10)7(11)8-12-14-15-13-8/h1-3,7H,11H2,(H,12,13,14,15). The average molecular weight is 228 g/mol. The summed E-state index contributed by atoms with van der Waals surface area (Å²) in [5.41, 5.74) is 6.44. The Morgan fingerprint density at radius 1 is 1.47 bits per heavy atom. The van der Waals surface area contributed by atoms with E-state index in [1.807, 2.05) is 0 Å². The van der Waals surface area contributed by atoms with E-state index in [-0.39, 0.29) is 5.02 Å². The number of tetrazole rings is 1. The molecule has 1 aromatic heterocycles. The summed E-state index contributed by atoms with van der Waals surface area (Å²) in [6.07, 6.45) is 0. The zero-order chi connectivity index (χ0) is 10.8. The molecule has 0 aliphatic heterocycles. The van der Waals surface area contributed by atoms with Gasteiger partial charge in [-0.15, -0.1) is 10.2 Å². The molecule has 1 aromatic carbocycles. The van der Waals surface area contributed by atoms with Crippen LogP contribution in [0, 0.1) is 5.82 Å². The monoisotopic (exact) mass is 227 g/mol. The molecular weight excluding hydrogens is 221 g/mol. The molecule has 0 aliphatic carbocycles. The van der Waals surface area contributed by atoms with Gasteiger partial charge in [0.05, 0.1) is 11.1 Å². The fraction of sp³-hybridized carbons (Fsp3) is 0.125. The smallest absolute Gasteiger partial charge is 0.195 e. The van der Waals surface area contributed by atoms with Gasteiger partial charge in [0.1, 0.15) is 5.82 Å². The molecule has 0 amide bonds. The van der Waals surface area contributed by atoms with Gasteiger partial charge < -0.3 is 5.73 Å². The second-order valence-corrected chi connectivity index (χ2v) is 3.33. The third kappa shape index (κ3) is 1.95. The summed E-state index contributed by atoms with van der Waals surface area (Å²) < 4.78 is 12.9. The molecule has 0 fully saturated rings. The number of aromatic amines is 1. The maximum Gasteiger partial charge on any atom is 0.195 e. The van der Waals surface area contributed by atoms with Gasteiger partial charge in [-0.1, -0.05) is 22.9 Å². The Hall–Kier alpha value is -1.53. The van der Waals surface area contributed by atoms with E-state index < -0.39 is 11.9 Å². The van der Waals surface area contributed by atoms with E-state index in [1.165, 1.54) is 18.2 Å². The zero-order valence-electron chi connectivity index (χ0n) is 7.48. The first-order valence-electron chi connectivity index (χ1n) is 4.12. The normalized spacial score (nSPS) is 12.7. The molecule has 7 heteroatoms. The molecule has 78 valence electrons. The number of nitrogens with one attached hydrogen (secondary N) is 1. The van der Waals surface area contributed by atoms with Crippen LogP contribution >= 0.6 is 11.6 Å². The largest absolute Gasteiger partial charge is 0.318 e. The van der Waals surface area contributed by atoms with Crippen molar-refractivity contribution in [2.75, 3.05) is 0 Å². The number of halogens is 2. The molecule has 1 unspecified atom stereocenters. The third-order valence-electron chi connectivity index (χ3n) is 1.94. The van der Waals surface area contributed by atoms with E-state index >= 15 is 0 Å². The predicted molar refractivity (Wildman–Crippen MR) is 51.6 cm³/mol. The maximum atomic E-state index is 12.9. The second-order valence-electron chi connectivity index (χ2n) is 2.92. The van der Waals surface area contributed by atoms with Crippen LogP contribution in [0.2, 0.25) is 5.02 Å². The molecule has 2 rings (SSSR count). The minimum absolute atomic E-state index is 0.0199. The van der Waals surface area contributed by atoms with Crippen molar-refractivity contribution in [2.45, 2.75) is 6.04 Å². The summed E-state index contributed by atoms with van der Waals surface area (Å²) in [7, 11) is 0. The van der Waals surface area contributed by atoms with Gasteiger partial charge in [0.2, 0.25) is 0 Å². The molecule has 5 nitrogen and oxygen atoms in total. The lowest BCUT2D eigenvalue weighted by molar-refractivity contribution is 0.626. The molecular formula is C8H7ClFN5. The highest BCUT2D eigenvalue weighted by molar-refractivity contribution is 6.30. The van der Waals surface area contributed by atoms with Gasteiger partial charge in [0.25, 0.3) is 0 Å². The van der Waals surface area contributed by atoms with Gasteiger partial charge in [-0.25, -0.2) is 4.39 Å². The highest BCUT2D eigenvalue weighted by Crippen LogP contribution is 2.21. The lowest BCUT2D eigenvalue weighted by Crippen LogP contribution is -2.13. The molecule has 0 saturated heterocycles. The lowest BCUT2D eigenvalue weighted by Gasteiger charge is -2.07. The van der Waals surface area contributed by atoms with Crippen LogP contribution in [-0.4, -0.2) is 20.6 Å². The maximum absolute atomic E-state index is 12.9. The van der Waals surface area contributed by atoms with Gasteiger partial charge in [0, 0.05) is 0 Å². The van der Waals surface area contributed by atoms with E-state index in [4.69, 9.17) is 17.3 Å². The minimum Gasteiger partial charge on any atom is -0.318 e. The molecule has 0 radical (unpaired) electrons. The fourth-order valence-electron chi connectivity index (χ4n) is 1.16. The van der Waals surface area contributed by atoms with Crippen molar-refractivity contribution in [1.29, 1.82) is 0 Å². The zero-order valence-corrected chi connectivity index (χ0v) is 8.24. The number of benzene rings is 1. The first-order valence-corrected chi connectivity index (χ1v) is 4.50. The van der Waals surface area contributed by atoms with Gasteiger partial charge >= 0.3 is 0 Å².